The molecular weight excluding hydrogens is 354 g/mol. The van der Waals surface area contributed by atoms with Gasteiger partial charge in [0.2, 0.25) is 5.91 Å². The molecule has 1 unspecified atom stereocenters. The van der Waals surface area contributed by atoms with Crippen LogP contribution in [0.4, 0.5) is 11.4 Å². The number of anilines is 2. The van der Waals surface area contributed by atoms with Gasteiger partial charge >= 0.3 is 0 Å². The number of nitrogens with one attached hydrogen (secondary N) is 2. The Morgan fingerprint density at radius 2 is 1.96 bits per heavy atom. The van der Waals surface area contributed by atoms with Crippen molar-refractivity contribution in [2.45, 2.75) is 38.3 Å². The minimum absolute atomic E-state index is 0.0668. The Morgan fingerprint density at radius 1 is 1.14 bits per heavy atom. The molecule has 6 nitrogen and oxygen atoms in total. The van der Waals surface area contributed by atoms with E-state index < -0.39 is 0 Å². The second kappa shape index (κ2) is 7.92. The molecule has 0 bridgehead atoms. The highest BCUT2D eigenvalue weighted by atomic mass is 16.5. The number of hydrogen-bond acceptors (Lipinski definition) is 4. The normalized spacial score (nSPS) is 18.0. The van der Waals surface area contributed by atoms with Crippen molar-refractivity contribution in [3.63, 3.8) is 0 Å². The van der Waals surface area contributed by atoms with Gasteiger partial charge < -0.3 is 20.3 Å². The number of fused-ring (bicyclic) bond motifs is 1. The Morgan fingerprint density at radius 3 is 2.75 bits per heavy atom. The number of rotatable bonds is 6. The predicted octanol–water partition coefficient (Wildman–Crippen LogP) is 3.19. The second-order valence-electron chi connectivity index (χ2n) is 7.37. The average Bonchev–Trinajstić information content (AvgIpc) is 3.52. The number of amides is 2. The van der Waals surface area contributed by atoms with Crippen molar-refractivity contribution in [3.05, 3.63) is 54.1 Å². The monoisotopic (exact) mass is 379 g/mol. The van der Waals surface area contributed by atoms with E-state index in [1.54, 1.807) is 24.3 Å². The number of benzene rings is 2. The Labute approximate surface area is 164 Å². The van der Waals surface area contributed by atoms with E-state index in [1.165, 1.54) is 0 Å². The molecule has 0 radical (unpaired) electrons. The number of ether oxygens (including phenoxy) is 1. The van der Waals surface area contributed by atoms with Gasteiger partial charge in [0, 0.05) is 17.3 Å². The van der Waals surface area contributed by atoms with Gasteiger partial charge in [-0.2, -0.15) is 0 Å². The van der Waals surface area contributed by atoms with Crippen molar-refractivity contribution in [2.24, 2.45) is 0 Å². The lowest BCUT2D eigenvalue weighted by atomic mass is 10.1. The van der Waals surface area contributed by atoms with E-state index in [0.717, 1.165) is 30.7 Å². The maximum absolute atomic E-state index is 12.7. The van der Waals surface area contributed by atoms with Crippen molar-refractivity contribution in [1.29, 1.82) is 0 Å². The molecule has 2 aliphatic rings. The van der Waals surface area contributed by atoms with Gasteiger partial charge in [-0.15, -0.1) is 0 Å². The zero-order valence-corrected chi connectivity index (χ0v) is 16.0. The van der Waals surface area contributed by atoms with Crippen molar-refractivity contribution in [3.8, 4) is 5.75 Å². The first-order valence-electron chi connectivity index (χ1n) is 9.84. The topological polar surface area (TPSA) is 70.7 Å². The SMILES string of the molecule is CCC1CN(CC(=O)Nc2cccc(C(=O)NC3CC3)c2)c2ccccc2O1. The van der Waals surface area contributed by atoms with E-state index in [1.807, 2.05) is 29.2 Å². The summed E-state index contributed by atoms with van der Waals surface area (Å²) in [6.45, 7) is 2.98. The van der Waals surface area contributed by atoms with Crippen LogP contribution < -0.4 is 20.3 Å². The van der Waals surface area contributed by atoms with Crippen LogP contribution in [-0.2, 0) is 4.79 Å². The fraction of sp³-hybridized carbons (Fsp3) is 0.364. The molecule has 0 saturated heterocycles. The van der Waals surface area contributed by atoms with Crippen LogP contribution in [0.25, 0.3) is 0 Å². The van der Waals surface area contributed by atoms with Gasteiger partial charge in [0.1, 0.15) is 11.9 Å². The van der Waals surface area contributed by atoms with Gasteiger partial charge in [0.15, 0.2) is 0 Å². The minimum atomic E-state index is -0.119. The van der Waals surface area contributed by atoms with Crippen molar-refractivity contribution < 1.29 is 14.3 Å². The van der Waals surface area contributed by atoms with Crippen molar-refractivity contribution in [2.75, 3.05) is 23.3 Å². The summed E-state index contributed by atoms with van der Waals surface area (Å²) in [5.41, 5.74) is 2.12. The fourth-order valence-electron chi connectivity index (χ4n) is 3.35. The van der Waals surface area contributed by atoms with E-state index in [2.05, 4.69) is 17.6 Å². The molecule has 0 spiro atoms. The summed E-state index contributed by atoms with van der Waals surface area (Å²) in [6.07, 6.45) is 3.03. The molecule has 146 valence electrons. The van der Waals surface area contributed by atoms with Crippen LogP contribution in [0, 0.1) is 0 Å². The molecule has 1 atom stereocenters. The van der Waals surface area contributed by atoms with Gasteiger partial charge in [-0.1, -0.05) is 25.1 Å². The molecule has 4 rings (SSSR count). The molecule has 2 aromatic carbocycles. The summed E-state index contributed by atoms with van der Waals surface area (Å²) in [6, 6.07) is 15.2. The van der Waals surface area contributed by atoms with Gasteiger partial charge in [-0.3, -0.25) is 9.59 Å². The highest BCUT2D eigenvalue weighted by molar-refractivity contribution is 5.98. The van der Waals surface area contributed by atoms with Gasteiger partial charge in [-0.05, 0) is 49.6 Å². The van der Waals surface area contributed by atoms with Gasteiger partial charge in [0.05, 0.1) is 18.8 Å². The smallest absolute Gasteiger partial charge is 0.251 e. The third-order valence-corrected chi connectivity index (χ3v) is 5.03. The van der Waals surface area contributed by atoms with E-state index in [9.17, 15) is 9.59 Å². The number of hydrogen-bond donors (Lipinski definition) is 2. The number of para-hydroxylation sites is 2. The molecule has 2 amide bonds. The lowest BCUT2D eigenvalue weighted by Gasteiger charge is -2.35. The summed E-state index contributed by atoms with van der Waals surface area (Å²) in [5.74, 6) is 0.602. The molecule has 28 heavy (non-hydrogen) atoms. The van der Waals surface area contributed by atoms with E-state index in [0.29, 0.717) is 23.8 Å². The zero-order chi connectivity index (χ0) is 19.5. The Hall–Kier alpha value is -3.02. The molecular formula is C22H25N3O3. The van der Waals surface area contributed by atoms with Crippen molar-refractivity contribution >= 4 is 23.2 Å². The van der Waals surface area contributed by atoms with Crippen LogP contribution in [-0.4, -0.2) is 37.0 Å². The maximum atomic E-state index is 12.7. The summed E-state index contributed by atoms with van der Waals surface area (Å²) >= 11 is 0. The third kappa shape index (κ3) is 4.27. The van der Waals surface area contributed by atoms with Crippen LogP contribution in [0.15, 0.2) is 48.5 Å². The molecule has 1 fully saturated rings. The Bertz CT molecular complexity index is 879. The Balaban J connectivity index is 1.42. The molecule has 2 aromatic rings. The molecule has 2 N–H and O–H groups in total. The largest absolute Gasteiger partial charge is 0.486 e. The highest BCUT2D eigenvalue weighted by Gasteiger charge is 2.26. The molecule has 6 heteroatoms. The minimum Gasteiger partial charge on any atom is -0.486 e. The van der Waals surface area contributed by atoms with Crippen LogP contribution in [0.3, 0.4) is 0 Å². The highest BCUT2D eigenvalue weighted by Crippen LogP contribution is 2.33. The van der Waals surface area contributed by atoms with Crippen molar-refractivity contribution in [1.82, 2.24) is 5.32 Å². The fourth-order valence-corrected chi connectivity index (χ4v) is 3.35. The Kier molecular flexibility index (Phi) is 5.19. The maximum Gasteiger partial charge on any atom is 0.251 e. The second-order valence-corrected chi connectivity index (χ2v) is 7.37. The van der Waals surface area contributed by atoms with Crippen LogP contribution in [0.1, 0.15) is 36.5 Å². The van der Waals surface area contributed by atoms with Crippen LogP contribution >= 0.6 is 0 Å². The summed E-state index contributed by atoms with van der Waals surface area (Å²) in [5, 5.41) is 5.88. The zero-order valence-electron chi connectivity index (χ0n) is 16.0. The van der Waals surface area contributed by atoms with Gasteiger partial charge in [-0.25, -0.2) is 0 Å². The van der Waals surface area contributed by atoms with Crippen LogP contribution in [0.2, 0.25) is 0 Å². The first kappa shape index (κ1) is 18.3. The predicted molar refractivity (Wildman–Crippen MR) is 109 cm³/mol. The lowest BCUT2D eigenvalue weighted by molar-refractivity contribution is -0.115. The van der Waals surface area contributed by atoms with E-state index >= 15 is 0 Å². The summed E-state index contributed by atoms with van der Waals surface area (Å²) in [4.78, 5) is 26.9. The quantitative estimate of drug-likeness (QED) is 0.809. The first-order valence-corrected chi connectivity index (χ1v) is 9.84. The third-order valence-electron chi connectivity index (χ3n) is 5.03. The molecule has 1 aliphatic carbocycles. The number of carbonyl (C=O) groups excluding carboxylic acids is 2. The van der Waals surface area contributed by atoms with E-state index in [4.69, 9.17) is 4.74 Å². The van der Waals surface area contributed by atoms with E-state index in [-0.39, 0.29) is 24.5 Å². The van der Waals surface area contributed by atoms with Gasteiger partial charge in [0.25, 0.3) is 5.91 Å². The molecule has 1 aliphatic heterocycles. The summed E-state index contributed by atoms with van der Waals surface area (Å²) in [7, 11) is 0. The lowest BCUT2D eigenvalue weighted by Crippen LogP contribution is -2.43. The first-order chi connectivity index (χ1) is 13.6. The number of nitrogens with zero attached hydrogens (tertiary/aromatic N) is 1. The molecule has 0 aromatic heterocycles. The standard InChI is InChI=1S/C22H25N3O3/c1-2-18-13-25(19-8-3-4-9-20(19)28-18)14-21(26)23-17-7-5-6-15(12-17)22(27)24-16-10-11-16/h3-9,12,16,18H,2,10-11,13-14H2,1H3,(H,23,26)(H,24,27). The molecule has 1 heterocycles. The number of carbonyl (C=O) groups is 2. The average molecular weight is 379 g/mol. The summed E-state index contributed by atoms with van der Waals surface area (Å²) < 4.78 is 5.97. The molecule has 1 saturated carbocycles. The van der Waals surface area contributed by atoms with Crippen LogP contribution in [0.5, 0.6) is 5.75 Å².